The van der Waals surface area contributed by atoms with E-state index in [9.17, 15) is 4.39 Å². The van der Waals surface area contributed by atoms with Crippen molar-refractivity contribution in [1.82, 2.24) is 0 Å². The highest BCUT2D eigenvalue weighted by Crippen LogP contribution is 2.25. The second-order valence-electron chi connectivity index (χ2n) is 3.20. The monoisotopic (exact) mass is 260 g/mol. The van der Waals surface area contributed by atoms with Crippen molar-refractivity contribution in [2.75, 3.05) is 6.54 Å². The highest BCUT2D eigenvalue weighted by Gasteiger charge is 2.10. The minimum atomic E-state index is -0.258. The molecule has 0 amide bonds. The van der Waals surface area contributed by atoms with E-state index in [0.29, 0.717) is 6.54 Å². The Hall–Kier alpha value is -0.450. The van der Waals surface area contributed by atoms with Crippen LogP contribution in [0.5, 0.6) is 0 Å². The largest absolute Gasteiger partial charge is 0.330 e. The van der Waals surface area contributed by atoms with E-state index in [4.69, 9.17) is 11.5 Å². The molecule has 0 radical (unpaired) electrons. The van der Waals surface area contributed by atoms with Crippen molar-refractivity contribution >= 4 is 15.9 Å². The number of hydrogen-bond donors (Lipinski definition) is 2. The Labute approximate surface area is 91.6 Å². The molecule has 0 saturated heterocycles. The third kappa shape index (κ3) is 3.04. The molecular formula is C10H14BrFN2. The smallest absolute Gasteiger partial charge is 0.123 e. The Bertz CT molecular complexity index is 304. The molecular weight excluding hydrogens is 247 g/mol. The van der Waals surface area contributed by atoms with Gasteiger partial charge in [-0.2, -0.15) is 0 Å². The fourth-order valence-electron chi connectivity index (χ4n) is 1.29. The zero-order valence-corrected chi connectivity index (χ0v) is 9.43. The predicted octanol–water partition coefficient (Wildman–Crippen LogP) is 2.33. The van der Waals surface area contributed by atoms with Crippen molar-refractivity contribution in [2.24, 2.45) is 11.5 Å². The number of nitrogens with two attached hydrogens (primary N) is 2. The summed E-state index contributed by atoms with van der Waals surface area (Å²) < 4.78 is 13.8. The SMILES string of the molecule is NCCC[C@@H](N)c1cc(F)ccc1Br. The zero-order chi connectivity index (χ0) is 10.6. The first-order valence-corrected chi connectivity index (χ1v) is 5.35. The third-order valence-electron chi connectivity index (χ3n) is 2.08. The molecule has 0 bridgehead atoms. The maximum Gasteiger partial charge on any atom is 0.123 e. The van der Waals surface area contributed by atoms with Crippen LogP contribution in [0.2, 0.25) is 0 Å². The van der Waals surface area contributed by atoms with Crippen LogP contribution in [0.25, 0.3) is 0 Å². The van der Waals surface area contributed by atoms with Gasteiger partial charge in [-0.1, -0.05) is 15.9 Å². The third-order valence-corrected chi connectivity index (χ3v) is 2.80. The van der Waals surface area contributed by atoms with Gasteiger partial charge in [0.1, 0.15) is 5.82 Å². The van der Waals surface area contributed by atoms with Gasteiger partial charge in [-0.25, -0.2) is 4.39 Å². The second-order valence-corrected chi connectivity index (χ2v) is 4.06. The van der Waals surface area contributed by atoms with Crippen LogP contribution >= 0.6 is 15.9 Å². The molecule has 14 heavy (non-hydrogen) atoms. The van der Waals surface area contributed by atoms with E-state index in [1.54, 1.807) is 6.07 Å². The van der Waals surface area contributed by atoms with Gasteiger partial charge in [0.2, 0.25) is 0 Å². The van der Waals surface area contributed by atoms with E-state index in [1.165, 1.54) is 12.1 Å². The van der Waals surface area contributed by atoms with Crippen LogP contribution in [0, 0.1) is 5.82 Å². The first-order valence-electron chi connectivity index (χ1n) is 4.55. The van der Waals surface area contributed by atoms with Gasteiger partial charge >= 0.3 is 0 Å². The molecule has 2 nitrogen and oxygen atoms in total. The molecule has 0 aliphatic heterocycles. The van der Waals surface area contributed by atoms with Crippen LogP contribution in [-0.2, 0) is 0 Å². The molecule has 1 aromatic rings. The number of benzene rings is 1. The summed E-state index contributed by atoms with van der Waals surface area (Å²) in [4.78, 5) is 0. The average molecular weight is 261 g/mol. The van der Waals surface area contributed by atoms with E-state index in [0.717, 1.165) is 22.9 Å². The van der Waals surface area contributed by atoms with Crippen LogP contribution in [0.15, 0.2) is 22.7 Å². The predicted molar refractivity (Wildman–Crippen MR) is 59.3 cm³/mol. The van der Waals surface area contributed by atoms with Crippen LogP contribution < -0.4 is 11.5 Å². The normalized spacial score (nSPS) is 12.9. The maximum absolute atomic E-state index is 12.9. The molecule has 78 valence electrons. The lowest BCUT2D eigenvalue weighted by Crippen LogP contribution is -2.13. The van der Waals surface area contributed by atoms with Gasteiger partial charge in [-0.05, 0) is 43.1 Å². The lowest BCUT2D eigenvalue weighted by atomic mass is 10.0. The molecule has 0 heterocycles. The first kappa shape index (κ1) is 11.6. The molecule has 0 spiro atoms. The Morgan fingerprint density at radius 1 is 1.43 bits per heavy atom. The molecule has 0 aliphatic carbocycles. The summed E-state index contributed by atoms with van der Waals surface area (Å²) in [5.41, 5.74) is 12.1. The van der Waals surface area contributed by atoms with E-state index in [1.807, 2.05) is 0 Å². The van der Waals surface area contributed by atoms with E-state index in [2.05, 4.69) is 15.9 Å². The standard InChI is InChI=1S/C10H14BrFN2/c11-9-4-3-7(12)6-8(9)10(14)2-1-5-13/h3-4,6,10H,1-2,5,13-14H2/t10-/m1/s1. The minimum Gasteiger partial charge on any atom is -0.330 e. The molecule has 4 N–H and O–H groups in total. The van der Waals surface area contributed by atoms with E-state index < -0.39 is 0 Å². The average Bonchev–Trinajstić information content (AvgIpc) is 2.18. The maximum atomic E-state index is 12.9. The summed E-state index contributed by atoms with van der Waals surface area (Å²) in [5, 5.41) is 0. The summed E-state index contributed by atoms with van der Waals surface area (Å²) in [6.45, 7) is 0.612. The fourth-order valence-corrected chi connectivity index (χ4v) is 1.83. The van der Waals surface area contributed by atoms with Crippen LogP contribution in [0.4, 0.5) is 4.39 Å². The Morgan fingerprint density at radius 3 is 2.79 bits per heavy atom. The number of rotatable bonds is 4. The zero-order valence-electron chi connectivity index (χ0n) is 7.84. The molecule has 1 rings (SSSR count). The molecule has 0 fully saturated rings. The van der Waals surface area contributed by atoms with Gasteiger partial charge in [0.05, 0.1) is 0 Å². The summed E-state index contributed by atoms with van der Waals surface area (Å²) in [5.74, 6) is -0.258. The molecule has 4 heteroatoms. The molecule has 0 aliphatic rings. The van der Waals surface area contributed by atoms with Crippen LogP contribution in [-0.4, -0.2) is 6.54 Å². The Morgan fingerprint density at radius 2 is 2.14 bits per heavy atom. The van der Waals surface area contributed by atoms with E-state index in [-0.39, 0.29) is 11.9 Å². The first-order chi connectivity index (χ1) is 6.65. The highest BCUT2D eigenvalue weighted by atomic mass is 79.9. The molecule has 1 atom stereocenters. The molecule has 0 saturated carbocycles. The summed E-state index contributed by atoms with van der Waals surface area (Å²) in [7, 11) is 0. The summed E-state index contributed by atoms with van der Waals surface area (Å²) in [6, 6.07) is 4.39. The highest BCUT2D eigenvalue weighted by molar-refractivity contribution is 9.10. The van der Waals surface area contributed by atoms with Gasteiger partial charge in [0.25, 0.3) is 0 Å². The Kier molecular flexibility index (Phi) is 4.51. The van der Waals surface area contributed by atoms with Crippen LogP contribution in [0.1, 0.15) is 24.4 Å². The number of hydrogen-bond acceptors (Lipinski definition) is 2. The molecule has 0 unspecified atom stereocenters. The lowest BCUT2D eigenvalue weighted by Gasteiger charge is -2.13. The topological polar surface area (TPSA) is 52.0 Å². The van der Waals surface area contributed by atoms with Crippen molar-refractivity contribution < 1.29 is 4.39 Å². The summed E-state index contributed by atoms with van der Waals surface area (Å²) in [6.07, 6.45) is 1.63. The van der Waals surface area contributed by atoms with E-state index >= 15 is 0 Å². The lowest BCUT2D eigenvalue weighted by molar-refractivity contribution is 0.595. The van der Waals surface area contributed by atoms with Gasteiger partial charge in [-0.15, -0.1) is 0 Å². The molecule has 0 aromatic heterocycles. The summed E-state index contributed by atoms with van der Waals surface area (Å²) >= 11 is 3.35. The number of halogens is 2. The van der Waals surface area contributed by atoms with Crippen molar-refractivity contribution in [2.45, 2.75) is 18.9 Å². The van der Waals surface area contributed by atoms with Gasteiger partial charge in [0.15, 0.2) is 0 Å². The van der Waals surface area contributed by atoms with Crippen molar-refractivity contribution in [3.8, 4) is 0 Å². The van der Waals surface area contributed by atoms with Crippen molar-refractivity contribution in [3.63, 3.8) is 0 Å². The van der Waals surface area contributed by atoms with Gasteiger partial charge < -0.3 is 11.5 Å². The van der Waals surface area contributed by atoms with Crippen molar-refractivity contribution in [3.05, 3.63) is 34.1 Å². The van der Waals surface area contributed by atoms with Gasteiger partial charge in [0, 0.05) is 10.5 Å². The molecule has 1 aromatic carbocycles. The van der Waals surface area contributed by atoms with Gasteiger partial charge in [-0.3, -0.25) is 0 Å². The van der Waals surface area contributed by atoms with Crippen LogP contribution in [0.3, 0.4) is 0 Å². The van der Waals surface area contributed by atoms with Crippen molar-refractivity contribution in [1.29, 1.82) is 0 Å². The second kappa shape index (κ2) is 5.44. The Balaban J connectivity index is 2.77. The quantitative estimate of drug-likeness (QED) is 0.873. The minimum absolute atomic E-state index is 0.149. The fraction of sp³-hybridized carbons (Fsp3) is 0.400.